The summed E-state index contributed by atoms with van der Waals surface area (Å²) in [4.78, 5) is 15.0. The molecule has 0 fully saturated rings. The topological polar surface area (TPSA) is 46.6 Å². The molecule has 0 aliphatic heterocycles. The van der Waals surface area contributed by atoms with Crippen molar-refractivity contribution in [1.82, 2.24) is 4.90 Å². The Labute approximate surface area is 164 Å². The first-order chi connectivity index (χ1) is 13.7. The first kappa shape index (κ1) is 18.1. The molecule has 4 aromatic rings. The Morgan fingerprint density at radius 3 is 2.54 bits per heavy atom. The van der Waals surface area contributed by atoms with E-state index in [9.17, 15) is 4.79 Å². The van der Waals surface area contributed by atoms with Gasteiger partial charge in [-0.05, 0) is 41.8 Å². The molecule has 0 spiro atoms. The minimum Gasteiger partial charge on any atom is -0.467 e. The van der Waals surface area contributed by atoms with Gasteiger partial charge in [0, 0.05) is 17.5 Å². The number of amides is 1. The lowest BCUT2D eigenvalue weighted by atomic mass is 10.1. The van der Waals surface area contributed by atoms with Crippen LogP contribution in [-0.4, -0.2) is 10.8 Å². The van der Waals surface area contributed by atoms with Crippen LogP contribution in [0.15, 0.2) is 82.0 Å². The second-order valence-corrected chi connectivity index (χ2v) is 6.94. The lowest BCUT2D eigenvalue weighted by molar-refractivity contribution is -0.132. The molecule has 0 atom stereocenters. The van der Waals surface area contributed by atoms with Crippen molar-refractivity contribution in [2.24, 2.45) is 0 Å². The third-order valence-corrected chi connectivity index (χ3v) is 4.96. The molecule has 2 aromatic carbocycles. The quantitative estimate of drug-likeness (QED) is 0.438. The van der Waals surface area contributed by atoms with Crippen LogP contribution < -0.4 is 0 Å². The SMILES string of the molecule is CCc1ccc2occ(CC(=O)N(Cc3ccccc3)Cc3ccco3)c2c1. The second-order valence-electron chi connectivity index (χ2n) is 6.94. The first-order valence-electron chi connectivity index (χ1n) is 9.56. The molecule has 28 heavy (non-hydrogen) atoms. The van der Waals surface area contributed by atoms with Crippen molar-refractivity contribution < 1.29 is 13.6 Å². The summed E-state index contributed by atoms with van der Waals surface area (Å²) in [6.07, 6.45) is 4.59. The minimum absolute atomic E-state index is 0.0462. The summed E-state index contributed by atoms with van der Waals surface area (Å²) in [6, 6.07) is 19.9. The summed E-state index contributed by atoms with van der Waals surface area (Å²) in [6.45, 7) is 3.10. The van der Waals surface area contributed by atoms with Gasteiger partial charge < -0.3 is 13.7 Å². The molecule has 0 N–H and O–H groups in total. The molecular formula is C24H23NO3. The maximum absolute atomic E-state index is 13.2. The maximum Gasteiger partial charge on any atom is 0.227 e. The average Bonchev–Trinajstić information content (AvgIpc) is 3.38. The molecule has 2 heterocycles. The first-order valence-corrected chi connectivity index (χ1v) is 9.56. The zero-order chi connectivity index (χ0) is 19.3. The predicted octanol–water partition coefficient (Wildman–Crippen LogP) is 5.36. The monoisotopic (exact) mass is 373 g/mol. The van der Waals surface area contributed by atoms with Crippen LogP contribution in [0.2, 0.25) is 0 Å². The van der Waals surface area contributed by atoms with Gasteiger partial charge in [-0.1, -0.05) is 43.3 Å². The Bertz CT molecular complexity index is 1050. The van der Waals surface area contributed by atoms with Crippen LogP contribution in [0.5, 0.6) is 0 Å². The van der Waals surface area contributed by atoms with E-state index in [2.05, 4.69) is 19.1 Å². The molecule has 0 aliphatic carbocycles. The summed E-state index contributed by atoms with van der Waals surface area (Å²) < 4.78 is 11.1. The summed E-state index contributed by atoms with van der Waals surface area (Å²) in [7, 11) is 0. The highest BCUT2D eigenvalue weighted by molar-refractivity contribution is 5.88. The number of nitrogens with zero attached hydrogens (tertiary/aromatic N) is 1. The number of benzene rings is 2. The fraction of sp³-hybridized carbons (Fsp3) is 0.208. The lowest BCUT2D eigenvalue weighted by Crippen LogP contribution is -2.31. The molecule has 142 valence electrons. The van der Waals surface area contributed by atoms with Gasteiger partial charge >= 0.3 is 0 Å². The highest BCUT2D eigenvalue weighted by Gasteiger charge is 2.19. The van der Waals surface area contributed by atoms with E-state index in [-0.39, 0.29) is 5.91 Å². The maximum atomic E-state index is 13.2. The minimum atomic E-state index is 0.0462. The van der Waals surface area contributed by atoms with Crippen LogP contribution in [0.25, 0.3) is 11.0 Å². The molecule has 0 saturated carbocycles. The molecule has 0 unspecified atom stereocenters. The largest absolute Gasteiger partial charge is 0.467 e. The Hall–Kier alpha value is -3.27. The number of rotatable bonds is 7. The Morgan fingerprint density at radius 1 is 0.929 bits per heavy atom. The predicted molar refractivity (Wildman–Crippen MR) is 109 cm³/mol. The van der Waals surface area contributed by atoms with E-state index >= 15 is 0 Å². The van der Waals surface area contributed by atoms with Gasteiger partial charge in [0.1, 0.15) is 11.3 Å². The van der Waals surface area contributed by atoms with Gasteiger partial charge in [-0.15, -0.1) is 0 Å². The van der Waals surface area contributed by atoms with Gasteiger partial charge in [0.15, 0.2) is 0 Å². The molecule has 1 amide bonds. The van der Waals surface area contributed by atoms with Gasteiger partial charge in [0.2, 0.25) is 5.91 Å². The van der Waals surface area contributed by atoms with Gasteiger partial charge in [0.05, 0.1) is 25.5 Å². The molecule has 4 rings (SSSR count). The van der Waals surface area contributed by atoms with Crippen molar-refractivity contribution >= 4 is 16.9 Å². The fourth-order valence-corrected chi connectivity index (χ4v) is 3.39. The number of hydrogen-bond donors (Lipinski definition) is 0. The van der Waals surface area contributed by atoms with E-state index in [4.69, 9.17) is 8.83 Å². The van der Waals surface area contributed by atoms with Gasteiger partial charge in [-0.3, -0.25) is 4.79 Å². The standard InChI is InChI=1S/C24H23NO3/c1-2-18-10-11-23-22(13-18)20(17-28-23)14-24(26)25(16-21-9-6-12-27-21)15-19-7-4-3-5-8-19/h3-13,17H,2,14-16H2,1H3. The Morgan fingerprint density at radius 2 is 1.79 bits per heavy atom. The van der Waals surface area contributed by atoms with Crippen molar-refractivity contribution in [3.8, 4) is 0 Å². The van der Waals surface area contributed by atoms with Gasteiger partial charge in [-0.2, -0.15) is 0 Å². The Balaban J connectivity index is 1.58. The smallest absolute Gasteiger partial charge is 0.227 e. The van der Waals surface area contributed by atoms with Crippen LogP contribution in [0.1, 0.15) is 29.4 Å². The van der Waals surface area contributed by atoms with E-state index in [0.29, 0.717) is 19.5 Å². The molecule has 0 aliphatic rings. The summed E-state index contributed by atoms with van der Waals surface area (Å²) in [5, 5.41) is 1.02. The van der Waals surface area contributed by atoms with Crippen molar-refractivity contribution in [1.29, 1.82) is 0 Å². The van der Waals surface area contributed by atoms with Gasteiger partial charge in [0.25, 0.3) is 0 Å². The zero-order valence-corrected chi connectivity index (χ0v) is 15.9. The molecule has 0 radical (unpaired) electrons. The normalized spacial score (nSPS) is 11.0. The molecular weight excluding hydrogens is 350 g/mol. The zero-order valence-electron chi connectivity index (χ0n) is 15.9. The van der Waals surface area contributed by atoms with Crippen molar-refractivity contribution in [3.63, 3.8) is 0 Å². The van der Waals surface area contributed by atoms with E-state index in [1.54, 1.807) is 12.5 Å². The van der Waals surface area contributed by atoms with Crippen LogP contribution in [0.4, 0.5) is 0 Å². The van der Waals surface area contributed by atoms with Gasteiger partial charge in [-0.25, -0.2) is 0 Å². The number of carbonyl (C=O) groups is 1. The lowest BCUT2D eigenvalue weighted by Gasteiger charge is -2.22. The van der Waals surface area contributed by atoms with Crippen LogP contribution in [-0.2, 0) is 30.7 Å². The van der Waals surface area contributed by atoms with Crippen LogP contribution >= 0.6 is 0 Å². The van der Waals surface area contributed by atoms with Crippen molar-refractivity contribution in [2.45, 2.75) is 32.9 Å². The van der Waals surface area contributed by atoms with E-state index < -0.39 is 0 Å². The third kappa shape index (κ3) is 4.01. The highest BCUT2D eigenvalue weighted by Crippen LogP contribution is 2.24. The molecule has 0 bridgehead atoms. The molecule has 2 aromatic heterocycles. The number of hydrogen-bond acceptors (Lipinski definition) is 3. The summed E-state index contributed by atoms with van der Waals surface area (Å²) in [5.74, 6) is 0.819. The van der Waals surface area contributed by atoms with Crippen LogP contribution in [0.3, 0.4) is 0 Å². The van der Waals surface area contributed by atoms with Crippen molar-refractivity contribution in [3.05, 3.63) is 95.6 Å². The number of carbonyl (C=O) groups excluding carboxylic acids is 1. The number of aryl methyl sites for hydroxylation is 1. The van der Waals surface area contributed by atoms with E-state index in [1.807, 2.05) is 53.4 Å². The number of fused-ring (bicyclic) bond motifs is 1. The second kappa shape index (κ2) is 8.17. The molecule has 0 saturated heterocycles. The van der Waals surface area contributed by atoms with Crippen molar-refractivity contribution in [2.75, 3.05) is 0 Å². The molecule has 4 nitrogen and oxygen atoms in total. The third-order valence-electron chi connectivity index (χ3n) is 4.96. The fourth-order valence-electron chi connectivity index (χ4n) is 3.39. The van der Waals surface area contributed by atoms with Crippen LogP contribution in [0, 0.1) is 0 Å². The average molecular weight is 373 g/mol. The molecule has 4 heteroatoms. The summed E-state index contributed by atoms with van der Waals surface area (Å²) >= 11 is 0. The summed E-state index contributed by atoms with van der Waals surface area (Å²) in [5.41, 5.74) is 4.07. The highest BCUT2D eigenvalue weighted by atomic mass is 16.3. The van der Waals surface area contributed by atoms with E-state index in [0.717, 1.165) is 34.3 Å². The number of furan rings is 2. The van der Waals surface area contributed by atoms with E-state index in [1.165, 1.54) is 5.56 Å². The Kier molecular flexibility index (Phi) is 5.29.